The predicted octanol–water partition coefficient (Wildman–Crippen LogP) is 2.01. The third-order valence-corrected chi connectivity index (χ3v) is 2.14. The van der Waals surface area contributed by atoms with Gasteiger partial charge in [0, 0.05) is 5.69 Å². The van der Waals surface area contributed by atoms with Gasteiger partial charge in [-0.25, -0.2) is 0 Å². The van der Waals surface area contributed by atoms with Gasteiger partial charge in [-0.1, -0.05) is 25.1 Å². The summed E-state index contributed by atoms with van der Waals surface area (Å²) >= 11 is 0. The highest BCUT2D eigenvalue weighted by atomic mass is 16.2. The normalized spacial score (nSPS) is 12.1. The van der Waals surface area contributed by atoms with E-state index in [2.05, 4.69) is 17.6 Å². The lowest BCUT2D eigenvalue weighted by atomic mass is 10.2. The standard InChI is InChI=1S/C12H18N2O/c1-3-9-13-10(2)12(15)14-11-7-5-4-6-8-11/h4-8,10,13H,3,9H2,1-2H3,(H,14,15)/t10-/m0/s1. The van der Waals surface area contributed by atoms with Gasteiger partial charge in [-0.05, 0) is 32.0 Å². The molecule has 1 atom stereocenters. The van der Waals surface area contributed by atoms with Gasteiger partial charge in [0.15, 0.2) is 0 Å². The van der Waals surface area contributed by atoms with Crippen LogP contribution in [0.2, 0.25) is 0 Å². The number of carbonyl (C=O) groups is 1. The molecule has 0 aromatic heterocycles. The molecule has 0 saturated carbocycles. The maximum Gasteiger partial charge on any atom is 0.241 e. The van der Waals surface area contributed by atoms with Crippen LogP contribution in [0.15, 0.2) is 30.3 Å². The maximum absolute atomic E-state index is 11.6. The zero-order valence-electron chi connectivity index (χ0n) is 9.29. The summed E-state index contributed by atoms with van der Waals surface area (Å²) < 4.78 is 0. The van der Waals surface area contributed by atoms with Crippen molar-refractivity contribution in [2.45, 2.75) is 26.3 Å². The molecule has 0 aliphatic carbocycles. The molecular formula is C12H18N2O. The SMILES string of the molecule is CCCN[C@@H](C)C(=O)Nc1ccccc1. The summed E-state index contributed by atoms with van der Waals surface area (Å²) in [6.45, 7) is 4.81. The van der Waals surface area contributed by atoms with Crippen LogP contribution in [0.3, 0.4) is 0 Å². The Bertz CT molecular complexity index is 298. The minimum absolute atomic E-state index is 0.00894. The van der Waals surface area contributed by atoms with E-state index in [1.54, 1.807) is 0 Å². The third kappa shape index (κ3) is 4.13. The van der Waals surface area contributed by atoms with Gasteiger partial charge in [0.25, 0.3) is 0 Å². The molecule has 3 heteroatoms. The van der Waals surface area contributed by atoms with Gasteiger partial charge < -0.3 is 10.6 Å². The Morgan fingerprint density at radius 2 is 2.00 bits per heavy atom. The minimum Gasteiger partial charge on any atom is -0.325 e. The molecule has 0 aliphatic rings. The van der Waals surface area contributed by atoms with Crippen molar-refractivity contribution in [2.24, 2.45) is 0 Å². The Morgan fingerprint density at radius 3 is 2.60 bits per heavy atom. The quantitative estimate of drug-likeness (QED) is 0.773. The van der Waals surface area contributed by atoms with E-state index in [9.17, 15) is 4.79 Å². The van der Waals surface area contributed by atoms with Crippen LogP contribution in [0, 0.1) is 0 Å². The van der Waals surface area contributed by atoms with E-state index < -0.39 is 0 Å². The van der Waals surface area contributed by atoms with Crippen molar-refractivity contribution in [3.05, 3.63) is 30.3 Å². The molecule has 0 spiro atoms. The first-order valence-corrected chi connectivity index (χ1v) is 5.33. The topological polar surface area (TPSA) is 41.1 Å². The lowest BCUT2D eigenvalue weighted by molar-refractivity contribution is -0.117. The van der Waals surface area contributed by atoms with E-state index in [1.165, 1.54) is 0 Å². The van der Waals surface area contributed by atoms with E-state index in [-0.39, 0.29) is 11.9 Å². The Hall–Kier alpha value is -1.35. The molecule has 1 amide bonds. The van der Waals surface area contributed by atoms with E-state index in [4.69, 9.17) is 0 Å². The molecule has 0 saturated heterocycles. The number of hydrogen-bond acceptors (Lipinski definition) is 2. The number of para-hydroxylation sites is 1. The monoisotopic (exact) mass is 206 g/mol. The summed E-state index contributed by atoms with van der Waals surface area (Å²) in [6, 6.07) is 9.34. The molecular weight excluding hydrogens is 188 g/mol. The number of rotatable bonds is 5. The number of amides is 1. The minimum atomic E-state index is -0.148. The average molecular weight is 206 g/mol. The zero-order chi connectivity index (χ0) is 11.1. The van der Waals surface area contributed by atoms with Gasteiger partial charge in [-0.2, -0.15) is 0 Å². The molecule has 1 rings (SSSR count). The van der Waals surface area contributed by atoms with Crippen LogP contribution in [-0.2, 0) is 4.79 Å². The Morgan fingerprint density at radius 1 is 1.33 bits per heavy atom. The van der Waals surface area contributed by atoms with Crippen molar-refractivity contribution in [3.8, 4) is 0 Å². The number of nitrogens with one attached hydrogen (secondary N) is 2. The van der Waals surface area contributed by atoms with Crippen LogP contribution in [0.25, 0.3) is 0 Å². The van der Waals surface area contributed by atoms with E-state index in [1.807, 2.05) is 37.3 Å². The van der Waals surface area contributed by atoms with Gasteiger partial charge in [-0.3, -0.25) is 4.79 Å². The Kier molecular flexibility index (Phi) is 4.84. The number of anilines is 1. The van der Waals surface area contributed by atoms with Gasteiger partial charge in [0.1, 0.15) is 0 Å². The molecule has 82 valence electrons. The molecule has 0 heterocycles. The molecule has 1 aromatic rings. The van der Waals surface area contributed by atoms with Crippen molar-refractivity contribution in [1.29, 1.82) is 0 Å². The van der Waals surface area contributed by atoms with Crippen LogP contribution < -0.4 is 10.6 Å². The average Bonchev–Trinajstić information content (AvgIpc) is 2.27. The first-order chi connectivity index (χ1) is 7.24. The summed E-state index contributed by atoms with van der Waals surface area (Å²) in [5.41, 5.74) is 0.840. The Balaban J connectivity index is 2.42. The summed E-state index contributed by atoms with van der Waals surface area (Å²) in [5, 5.41) is 5.99. The Labute approximate surface area is 90.9 Å². The largest absolute Gasteiger partial charge is 0.325 e. The summed E-state index contributed by atoms with van der Waals surface area (Å²) in [6.07, 6.45) is 1.03. The molecule has 0 radical (unpaired) electrons. The van der Waals surface area contributed by atoms with Crippen LogP contribution in [-0.4, -0.2) is 18.5 Å². The molecule has 2 N–H and O–H groups in total. The summed E-state index contributed by atoms with van der Waals surface area (Å²) in [5.74, 6) is 0.00894. The van der Waals surface area contributed by atoms with Crippen LogP contribution in [0.4, 0.5) is 5.69 Å². The summed E-state index contributed by atoms with van der Waals surface area (Å²) in [4.78, 5) is 11.6. The second-order valence-electron chi connectivity index (χ2n) is 3.53. The van der Waals surface area contributed by atoms with Gasteiger partial charge >= 0.3 is 0 Å². The fraction of sp³-hybridized carbons (Fsp3) is 0.417. The van der Waals surface area contributed by atoms with E-state index in [0.717, 1.165) is 18.7 Å². The number of hydrogen-bond donors (Lipinski definition) is 2. The predicted molar refractivity (Wildman–Crippen MR) is 62.8 cm³/mol. The fourth-order valence-electron chi connectivity index (χ4n) is 1.23. The highest BCUT2D eigenvalue weighted by Crippen LogP contribution is 2.05. The van der Waals surface area contributed by atoms with E-state index >= 15 is 0 Å². The molecule has 15 heavy (non-hydrogen) atoms. The second-order valence-corrected chi connectivity index (χ2v) is 3.53. The molecule has 0 bridgehead atoms. The lowest BCUT2D eigenvalue weighted by Crippen LogP contribution is -2.38. The van der Waals surface area contributed by atoms with Crippen LogP contribution in [0.1, 0.15) is 20.3 Å². The van der Waals surface area contributed by atoms with Crippen molar-refractivity contribution in [3.63, 3.8) is 0 Å². The zero-order valence-corrected chi connectivity index (χ0v) is 9.29. The third-order valence-electron chi connectivity index (χ3n) is 2.14. The van der Waals surface area contributed by atoms with Crippen LogP contribution in [0.5, 0.6) is 0 Å². The molecule has 0 aliphatic heterocycles. The fourth-order valence-corrected chi connectivity index (χ4v) is 1.23. The number of benzene rings is 1. The smallest absolute Gasteiger partial charge is 0.241 e. The molecule has 0 unspecified atom stereocenters. The van der Waals surface area contributed by atoms with Crippen molar-refractivity contribution >= 4 is 11.6 Å². The van der Waals surface area contributed by atoms with Crippen molar-refractivity contribution in [2.75, 3.05) is 11.9 Å². The highest BCUT2D eigenvalue weighted by molar-refractivity contribution is 5.94. The van der Waals surface area contributed by atoms with Gasteiger partial charge in [-0.15, -0.1) is 0 Å². The van der Waals surface area contributed by atoms with E-state index in [0.29, 0.717) is 0 Å². The molecule has 3 nitrogen and oxygen atoms in total. The lowest BCUT2D eigenvalue weighted by Gasteiger charge is -2.13. The maximum atomic E-state index is 11.6. The van der Waals surface area contributed by atoms with Gasteiger partial charge in [0.2, 0.25) is 5.91 Å². The molecule has 1 aromatic carbocycles. The summed E-state index contributed by atoms with van der Waals surface area (Å²) in [7, 11) is 0. The van der Waals surface area contributed by atoms with Crippen molar-refractivity contribution < 1.29 is 4.79 Å². The highest BCUT2D eigenvalue weighted by Gasteiger charge is 2.10. The van der Waals surface area contributed by atoms with Gasteiger partial charge in [0.05, 0.1) is 6.04 Å². The second kappa shape index (κ2) is 6.19. The first kappa shape index (κ1) is 11.7. The number of carbonyl (C=O) groups excluding carboxylic acids is 1. The van der Waals surface area contributed by atoms with Crippen molar-refractivity contribution in [1.82, 2.24) is 5.32 Å². The molecule has 0 fully saturated rings. The van der Waals surface area contributed by atoms with Crippen LogP contribution >= 0.6 is 0 Å². The first-order valence-electron chi connectivity index (χ1n) is 5.33.